The van der Waals surface area contributed by atoms with E-state index in [1.54, 1.807) is 30.3 Å². The summed E-state index contributed by atoms with van der Waals surface area (Å²) in [5, 5.41) is 3.39. The molecule has 7 heteroatoms. The summed E-state index contributed by atoms with van der Waals surface area (Å²) in [6, 6.07) is 8.51. The fraction of sp³-hybridized carbons (Fsp3) is 0.350. The normalized spacial score (nSPS) is 14.9. The first kappa shape index (κ1) is 19.3. The van der Waals surface area contributed by atoms with E-state index in [0.29, 0.717) is 29.4 Å². The molecule has 1 aromatic carbocycles. The third kappa shape index (κ3) is 4.46. The number of carbonyl (C=O) groups is 2. The highest BCUT2D eigenvalue weighted by molar-refractivity contribution is 6.31. The molecule has 0 unspecified atom stereocenters. The summed E-state index contributed by atoms with van der Waals surface area (Å²) < 4.78 is 0. The number of nitrogens with one attached hydrogen (secondary N) is 1. The Labute approximate surface area is 164 Å². The van der Waals surface area contributed by atoms with E-state index in [1.165, 1.54) is 6.20 Å². The number of likely N-dealkylation sites (N-methyl/N-ethyl adjacent to an activating group) is 1. The van der Waals surface area contributed by atoms with Crippen LogP contribution in [0, 0.1) is 6.92 Å². The molecule has 0 bridgehead atoms. The molecule has 3 rings (SSSR count). The molecule has 2 heterocycles. The lowest BCUT2D eigenvalue weighted by Crippen LogP contribution is -2.48. The van der Waals surface area contributed by atoms with Gasteiger partial charge in [-0.25, -0.2) is 0 Å². The maximum absolute atomic E-state index is 12.8. The van der Waals surface area contributed by atoms with Gasteiger partial charge in [0.15, 0.2) is 0 Å². The molecule has 6 nitrogen and oxygen atoms in total. The molecule has 0 aliphatic carbocycles. The minimum absolute atomic E-state index is 0.0684. The molecule has 2 aromatic rings. The van der Waals surface area contributed by atoms with Gasteiger partial charge in [0.2, 0.25) is 0 Å². The summed E-state index contributed by atoms with van der Waals surface area (Å²) in [5.41, 5.74) is 2.09. The van der Waals surface area contributed by atoms with Gasteiger partial charge in [0, 0.05) is 48.6 Å². The van der Waals surface area contributed by atoms with Crippen molar-refractivity contribution in [2.24, 2.45) is 0 Å². The number of nitrogens with zero attached hydrogens (tertiary/aromatic N) is 3. The average molecular weight is 387 g/mol. The first-order chi connectivity index (χ1) is 13.0. The first-order valence-electron chi connectivity index (χ1n) is 9.03. The van der Waals surface area contributed by atoms with Gasteiger partial charge < -0.3 is 15.1 Å². The van der Waals surface area contributed by atoms with Gasteiger partial charge >= 0.3 is 0 Å². The number of hydrogen-bond acceptors (Lipinski definition) is 4. The summed E-state index contributed by atoms with van der Waals surface area (Å²) in [5.74, 6) is -0.438. The van der Waals surface area contributed by atoms with E-state index in [1.807, 2.05) is 11.8 Å². The second-order valence-corrected chi connectivity index (χ2v) is 6.93. The maximum atomic E-state index is 12.8. The van der Waals surface area contributed by atoms with Crippen molar-refractivity contribution in [1.82, 2.24) is 14.8 Å². The predicted molar refractivity (Wildman–Crippen MR) is 106 cm³/mol. The molecule has 2 amide bonds. The minimum Gasteiger partial charge on any atom is -0.336 e. The number of carbonyl (C=O) groups excluding carboxylic acids is 2. The topological polar surface area (TPSA) is 65.5 Å². The van der Waals surface area contributed by atoms with Crippen molar-refractivity contribution in [2.45, 2.75) is 13.8 Å². The Balaban J connectivity index is 1.72. The highest BCUT2D eigenvalue weighted by Gasteiger charge is 2.22. The zero-order valence-electron chi connectivity index (χ0n) is 15.5. The number of halogens is 1. The molecule has 0 saturated carbocycles. The van der Waals surface area contributed by atoms with Crippen molar-refractivity contribution >= 4 is 29.1 Å². The fourth-order valence-corrected chi connectivity index (χ4v) is 3.24. The number of piperazine rings is 1. The summed E-state index contributed by atoms with van der Waals surface area (Å²) in [7, 11) is 0. The first-order valence-corrected chi connectivity index (χ1v) is 9.41. The number of benzene rings is 1. The SMILES string of the molecule is CCN1CCN(C(=O)c2ccnc(C(=O)Nc3cccc(Cl)c3C)c2)CC1. The van der Waals surface area contributed by atoms with E-state index in [9.17, 15) is 9.59 Å². The Kier molecular flexibility index (Phi) is 6.08. The summed E-state index contributed by atoms with van der Waals surface area (Å²) in [6.45, 7) is 8.07. The van der Waals surface area contributed by atoms with Crippen molar-refractivity contribution in [3.8, 4) is 0 Å². The molecule has 142 valence electrons. The zero-order valence-corrected chi connectivity index (χ0v) is 16.3. The van der Waals surface area contributed by atoms with Crippen LogP contribution in [0.5, 0.6) is 0 Å². The van der Waals surface area contributed by atoms with Gasteiger partial charge in [-0.2, -0.15) is 0 Å². The molecule has 1 aliphatic heterocycles. The molecule has 0 spiro atoms. The van der Waals surface area contributed by atoms with Crippen molar-refractivity contribution in [2.75, 3.05) is 38.0 Å². The van der Waals surface area contributed by atoms with Crippen LogP contribution in [0.2, 0.25) is 5.02 Å². The molecule has 0 radical (unpaired) electrons. The van der Waals surface area contributed by atoms with Crippen LogP contribution in [0.3, 0.4) is 0 Å². The van der Waals surface area contributed by atoms with Gasteiger partial charge in [-0.3, -0.25) is 14.6 Å². The molecule has 1 fully saturated rings. The van der Waals surface area contributed by atoms with Crippen LogP contribution in [-0.2, 0) is 0 Å². The second kappa shape index (κ2) is 8.50. The van der Waals surface area contributed by atoms with Crippen molar-refractivity contribution in [3.05, 3.63) is 58.4 Å². The number of anilines is 1. The lowest BCUT2D eigenvalue weighted by molar-refractivity contribution is 0.0643. The van der Waals surface area contributed by atoms with E-state index in [0.717, 1.165) is 25.2 Å². The number of pyridine rings is 1. The largest absolute Gasteiger partial charge is 0.336 e. The third-order valence-electron chi connectivity index (χ3n) is 4.86. The van der Waals surface area contributed by atoms with Crippen LogP contribution in [0.4, 0.5) is 5.69 Å². The molecule has 1 N–H and O–H groups in total. The van der Waals surface area contributed by atoms with Crippen LogP contribution < -0.4 is 5.32 Å². The molecule has 1 saturated heterocycles. The van der Waals surface area contributed by atoms with Gasteiger partial charge in [-0.05, 0) is 43.3 Å². The number of aromatic nitrogens is 1. The lowest BCUT2D eigenvalue weighted by Gasteiger charge is -2.34. The highest BCUT2D eigenvalue weighted by Crippen LogP contribution is 2.23. The van der Waals surface area contributed by atoms with E-state index in [2.05, 4.69) is 22.1 Å². The number of rotatable bonds is 4. The Morgan fingerprint density at radius 3 is 2.63 bits per heavy atom. The van der Waals surface area contributed by atoms with Crippen molar-refractivity contribution in [3.63, 3.8) is 0 Å². The monoisotopic (exact) mass is 386 g/mol. The molecule has 0 atom stereocenters. The Morgan fingerprint density at radius 1 is 1.19 bits per heavy atom. The predicted octanol–water partition coefficient (Wildman–Crippen LogP) is 3.07. The van der Waals surface area contributed by atoms with Crippen LogP contribution in [0.1, 0.15) is 33.3 Å². The lowest BCUT2D eigenvalue weighted by atomic mass is 10.1. The number of amides is 2. The van der Waals surface area contributed by atoms with Gasteiger partial charge in [-0.1, -0.05) is 24.6 Å². The summed E-state index contributed by atoms with van der Waals surface area (Å²) >= 11 is 6.10. The molecular weight excluding hydrogens is 364 g/mol. The third-order valence-corrected chi connectivity index (χ3v) is 5.27. The van der Waals surface area contributed by atoms with Crippen LogP contribution >= 0.6 is 11.6 Å². The fourth-order valence-electron chi connectivity index (χ4n) is 3.07. The van der Waals surface area contributed by atoms with E-state index in [4.69, 9.17) is 11.6 Å². The quantitative estimate of drug-likeness (QED) is 0.877. The minimum atomic E-state index is -0.370. The summed E-state index contributed by atoms with van der Waals surface area (Å²) in [4.78, 5) is 33.6. The second-order valence-electron chi connectivity index (χ2n) is 6.52. The molecular formula is C20H23ClN4O2. The smallest absolute Gasteiger partial charge is 0.274 e. The Bertz CT molecular complexity index is 848. The van der Waals surface area contributed by atoms with Crippen molar-refractivity contribution < 1.29 is 9.59 Å². The van der Waals surface area contributed by atoms with E-state index >= 15 is 0 Å². The van der Waals surface area contributed by atoms with Crippen LogP contribution in [0.25, 0.3) is 0 Å². The van der Waals surface area contributed by atoms with E-state index < -0.39 is 0 Å². The highest BCUT2D eigenvalue weighted by atomic mass is 35.5. The van der Waals surface area contributed by atoms with Gasteiger partial charge in [0.05, 0.1) is 0 Å². The standard InChI is InChI=1S/C20H23ClN4O2/c1-3-24-9-11-25(12-10-24)20(27)15-7-8-22-18(13-15)19(26)23-17-6-4-5-16(21)14(17)2/h4-8,13H,3,9-12H2,1-2H3,(H,23,26). The molecule has 1 aromatic heterocycles. The average Bonchev–Trinajstić information content (AvgIpc) is 2.71. The molecule has 27 heavy (non-hydrogen) atoms. The maximum Gasteiger partial charge on any atom is 0.274 e. The Morgan fingerprint density at radius 2 is 1.93 bits per heavy atom. The van der Waals surface area contributed by atoms with Crippen molar-refractivity contribution in [1.29, 1.82) is 0 Å². The van der Waals surface area contributed by atoms with Gasteiger partial charge in [0.1, 0.15) is 5.69 Å². The van der Waals surface area contributed by atoms with E-state index in [-0.39, 0.29) is 17.5 Å². The van der Waals surface area contributed by atoms with Crippen LogP contribution in [-0.4, -0.2) is 59.3 Å². The van der Waals surface area contributed by atoms with Crippen LogP contribution in [0.15, 0.2) is 36.5 Å². The zero-order chi connectivity index (χ0) is 19.4. The van der Waals surface area contributed by atoms with Gasteiger partial charge in [0.25, 0.3) is 11.8 Å². The molecule has 1 aliphatic rings. The summed E-state index contributed by atoms with van der Waals surface area (Å²) in [6.07, 6.45) is 1.50. The Hall–Kier alpha value is -2.44. The van der Waals surface area contributed by atoms with Gasteiger partial charge in [-0.15, -0.1) is 0 Å². The number of hydrogen-bond donors (Lipinski definition) is 1.